The first kappa shape index (κ1) is 20.4. The van der Waals surface area contributed by atoms with E-state index in [2.05, 4.69) is 5.32 Å². The molecule has 1 aliphatic heterocycles. The summed E-state index contributed by atoms with van der Waals surface area (Å²) in [5.74, 6) is 0.575. The molecule has 2 aromatic rings. The van der Waals surface area contributed by atoms with Crippen molar-refractivity contribution in [2.24, 2.45) is 0 Å². The van der Waals surface area contributed by atoms with Crippen molar-refractivity contribution >= 4 is 43.2 Å². The molecule has 0 radical (unpaired) electrons. The monoisotopic (exact) mass is 421 g/mol. The topological polar surface area (TPSA) is 47.6 Å². The van der Waals surface area contributed by atoms with Gasteiger partial charge in [0.1, 0.15) is 17.3 Å². The van der Waals surface area contributed by atoms with E-state index in [1.807, 2.05) is 0 Å². The van der Waals surface area contributed by atoms with Gasteiger partial charge in [-0.25, -0.2) is 4.57 Å². The SMILES string of the molecule is Cl.O=P(Oc1ccc(Cl)cc1)(Oc1ccc(Cl)cc1)C1CCCCN1. The maximum absolute atomic E-state index is 13.5. The van der Waals surface area contributed by atoms with Gasteiger partial charge in [-0.05, 0) is 74.3 Å². The van der Waals surface area contributed by atoms with Crippen molar-refractivity contribution < 1.29 is 13.6 Å². The van der Waals surface area contributed by atoms with Crippen LogP contribution in [0.15, 0.2) is 48.5 Å². The summed E-state index contributed by atoms with van der Waals surface area (Å²) in [7, 11) is -3.47. The number of halogens is 3. The van der Waals surface area contributed by atoms with Crippen LogP contribution in [0.25, 0.3) is 0 Å². The summed E-state index contributed by atoms with van der Waals surface area (Å²) in [6.45, 7) is 0.794. The first-order valence-corrected chi connectivity index (χ1v) is 10.2. The molecule has 1 atom stereocenters. The fraction of sp³-hybridized carbons (Fsp3) is 0.294. The Kier molecular flexibility index (Phi) is 7.48. The summed E-state index contributed by atoms with van der Waals surface area (Å²) in [5.41, 5.74) is 0. The van der Waals surface area contributed by atoms with Gasteiger partial charge in [0.2, 0.25) is 0 Å². The lowest BCUT2D eigenvalue weighted by atomic mass is 10.2. The molecule has 1 heterocycles. The highest BCUT2D eigenvalue weighted by molar-refractivity contribution is 7.55. The van der Waals surface area contributed by atoms with Crippen LogP contribution >= 0.6 is 43.2 Å². The number of rotatable bonds is 5. The first-order chi connectivity index (χ1) is 11.5. The van der Waals surface area contributed by atoms with Crippen LogP contribution in [-0.2, 0) is 4.57 Å². The summed E-state index contributed by atoms with van der Waals surface area (Å²) in [4.78, 5) is 0. The van der Waals surface area contributed by atoms with Crippen molar-refractivity contribution in [3.8, 4) is 11.5 Å². The molecule has 3 rings (SSSR count). The minimum Gasteiger partial charge on any atom is -0.415 e. The van der Waals surface area contributed by atoms with Gasteiger partial charge in [-0.3, -0.25) is 0 Å². The molecule has 1 fully saturated rings. The lowest BCUT2D eigenvalue weighted by molar-refractivity contribution is 0.340. The Hall–Kier alpha value is -0.900. The number of hydrogen-bond acceptors (Lipinski definition) is 4. The van der Waals surface area contributed by atoms with Crippen LogP contribution in [0.2, 0.25) is 10.0 Å². The summed E-state index contributed by atoms with van der Waals surface area (Å²) in [6.07, 6.45) is 2.77. The third-order valence-electron chi connectivity index (χ3n) is 3.76. The Morgan fingerprint density at radius 1 is 0.880 bits per heavy atom. The second-order valence-electron chi connectivity index (χ2n) is 5.60. The number of benzene rings is 2. The molecule has 2 aromatic carbocycles. The van der Waals surface area contributed by atoms with Crippen molar-refractivity contribution in [2.75, 3.05) is 6.54 Å². The zero-order valence-corrected chi connectivity index (χ0v) is 16.6. The fourth-order valence-corrected chi connectivity index (χ4v) is 4.76. The molecule has 0 aliphatic carbocycles. The Bertz CT molecular complexity index is 667. The molecular formula is C17H19Cl3NO3P. The minimum absolute atomic E-state index is 0. The Morgan fingerprint density at radius 2 is 1.36 bits per heavy atom. The highest BCUT2D eigenvalue weighted by Crippen LogP contribution is 2.54. The van der Waals surface area contributed by atoms with Crippen molar-refractivity contribution in [2.45, 2.75) is 25.0 Å². The molecule has 0 saturated carbocycles. The fourth-order valence-electron chi connectivity index (χ4n) is 2.53. The smallest absolute Gasteiger partial charge is 0.415 e. The summed E-state index contributed by atoms with van der Waals surface area (Å²) < 4.78 is 25.1. The van der Waals surface area contributed by atoms with Gasteiger partial charge in [-0.2, -0.15) is 0 Å². The molecule has 8 heteroatoms. The summed E-state index contributed by atoms with van der Waals surface area (Å²) in [5, 5.41) is 4.44. The van der Waals surface area contributed by atoms with Crippen molar-refractivity contribution in [1.29, 1.82) is 0 Å². The molecule has 1 N–H and O–H groups in total. The van der Waals surface area contributed by atoms with Gasteiger partial charge in [0.15, 0.2) is 0 Å². The largest absolute Gasteiger partial charge is 0.447 e. The molecule has 1 aliphatic rings. The van der Waals surface area contributed by atoms with Crippen molar-refractivity contribution in [3.63, 3.8) is 0 Å². The van der Waals surface area contributed by atoms with Gasteiger partial charge in [-0.15, -0.1) is 12.4 Å². The highest BCUT2D eigenvalue weighted by atomic mass is 35.5. The third-order valence-corrected chi connectivity index (χ3v) is 6.40. The maximum Gasteiger partial charge on any atom is 0.447 e. The van der Waals surface area contributed by atoms with E-state index in [1.54, 1.807) is 48.5 Å². The van der Waals surface area contributed by atoms with Gasteiger partial charge in [0, 0.05) is 10.0 Å². The zero-order valence-electron chi connectivity index (χ0n) is 13.4. The molecule has 0 aromatic heterocycles. The Balaban J connectivity index is 0.00000225. The summed E-state index contributed by atoms with van der Waals surface area (Å²) in [6, 6.07) is 13.5. The van der Waals surface area contributed by atoms with E-state index in [0.29, 0.717) is 21.5 Å². The lowest BCUT2D eigenvalue weighted by Gasteiger charge is -2.30. The van der Waals surface area contributed by atoms with Gasteiger partial charge in [0.05, 0.1) is 0 Å². The van der Waals surface area contributed by atoms with Crippen LogP contribution in [0.3, 0.4) is 0 Å². The number of hydrogen-bond donors (Lipinski definition) is 1. The highest BCUT2D eigenvalue weighted by Gasteiger charge is 2.40. The van der Waals surface area contributed by atoms with Crippen LogP contribution < -0.4 is 14.4 Å². The predicted molar refractivity (Wildman–Crippen MR) is 105 cm³/mol. The second-order valence-corrected chi connectivity index (χ2v) is 8.54. The standard InChI is InChI=1S/C17H18Cl2NO3P.ClH/c18-13-4-8-15(9-5-13)22-24(21,17-3-1-2-12-20-17)23-16-10-6-14(19)7-11-16;/h4-11,17,20H,1-3,12H2;1H. The zero-order chi connectivity index (χ0) is 17.0. The molecule has 1 unspecified atom stereocenters. The van der Waals surface area contributed by atoms with Gasteiger partial charge in [0.25, 0.3) is 0 Å². The van der Waals surface area contributed by atoms with E-state index in [4.69, 9.17) is 32.2 Å². The molecule has 0 bridgehead atoms. The molecule has 25 heavy (non-hydrogen) atoms. The molecule has 0 amide bonds. The van der Waals surface area contributed by atoms with E-state index in [1.165, 1.54) is 0 Å². The van der Waals surface area contributed by atoms with E-state index in [9.17, 15) is 4.57 Å². The van der Waals surface area contributed by atoms with Crippen LogP contribution in [0.1, 0.15) is 19.3 Å². The Labute approximate surface area is 163 Å². The van der Waals surface area contributed by atoms with E-state index < -0.39 is 7.60 Å². The van der Waals surface area contributed by atoms with E-state index >= 15 is 0 Å². The molecule has 1 saturated heterocycles. The van der Waals surface area contributed by atoms with E-state index in [-0.39, 0.29) is 18.2 Å². The van der Waals surface area contributed by atoms with Crippen LogP contribution in [0.4, 0.5) is 0 Å². The van der Waals surface area contributed by atoms with Gasteiger partial charge >= 0.3 is 7.60 Å². The van der Waals surface area contributed by atoms with Gasteiger partial charge < -0.3 is 14.4 Å². The van der Waals surface area contributed by atoms with E-state index in [0.717, 1.165) is 25.8 Å². The third kappa shape index (κ3) is 5.54. The molecular weight excluding hydrogens is 404 g/mol. The minimum atomic E-state index is -3.47. The molecule has 0 spiro atoms. The van der Waals surface area contributed by atoms with Crippen LogP contribution in [-0.4, -0.2) is 12.3 Å². The molecule has 4 nitrogen and oxygen atoms in total. The quantitative estimate of drug-likeness (QED) is 0.586. The average molecular weight is 423 g/mol. The number of piperidine rings is 1. The lowest BCUT2D eigenvalue weighted by Crippen LogP contribution is -2.36. The van der Waals surface area contributed by atoms with Crippen LogP contribution in [0.5, 0.6) is 11.5 Å². The van der Waals surface area contributed by atoms with Gasteiger partial charge in [-0.1, -0.05) is 23.2 Å². The second kappa shape index (κ2) is 9.16. The number of nitrogens with one attached hydrogen (secondary N) is 1. The Morgan fingerprint density at radius 3 is 1.76 bits per heavy atom. The average Bonchev–Trinajstić information content (AvgIpc) is 2.60. The predicted octanol–water partition coefficient (Wildman–Crippen LogP) is 6.17. The van der Waals surface area contributed by atoms with Crippen molar-refractivity contribution in [1.82, 2.24) is 5.32 Å². The maximum atomic E-state index is 13.5. The van der Waals surface area contributed by atoms with Crippen LogP contribution in [0, 0.1) is 0 Å². The summed E-state index contributed by atoms with van der Waals surface area (Å²) >= 11 is 11.8. The van der Waals surface area contributed by atoms with Crippen molar-refractivity contribution in [3.05, 3.63) is 58.6 Å². The first-order valence-electron chi connectivity index (χ1n) is 7.79. The molecule has 136 valence electrons. The normalized spacial score (nSPS) is 17.4.